The predicted octanol–water partition coefficient (Wildman–Crippen LogP) is 4.24. The first-order chi connectivity index (χ1) is 16.7. The number of hydrogen-bond acceptors (Lipinski definition) is 4. The van der Waals surface area contributed by atoms with Gasteiger partial charge in [0, 0.05) is 6.42 Å². The van der Waals surface area contributed by atoms with Crippen LogP contribution in [0.25, 0.3) is 0 Å². The Bertz CT molecular complexity index is 710. The minimum Gasteiger partial charge on any atom is -0.486 e. The quantitative estimate of drug-likeness (QED) is 0.206. The van der Waals surface area contributed by atoms with Gasteiger partial charge in [0.1, 0.15) is 32.1 Å². The Hall–Kier alpha value is -2.08. The molecule has 0 aromatic heterocycles. The van der Waals surface area contributed by atoms with Crippen LogP contribution in [-0.2, 0) is 4.79 Å². The molecule has 192 valence electrons. The van der Waals surface area contributed by atoms with Gasteiger partial charge in [-0.05, 0) is 24.1 Å². The number of ether oxygens (including phenoxy) is 2. The van der Waals surface area contributed by atoms with E-state index in [1.54, 1.807) is 12.1 Å². The van der Waals surface area contributed by atoms with Gasteiger partial charge >= 0.3 is 0 Å². The van der Waals surface area contributed by atoms with E-state index >= 15 is 0 Å². The van der Waals surface area contributed by atoms with Gasteiger partial charge in [0.05, 0.1) is 0 Å². The van der Waals surface area contributed by atoms with E-state index in [4.69, 9.17) is 9.47 Å². The van der Waals surface area contributed by atoms with E-state index in [1.165, 1.54) is 70.6 Å². The Morgan fingerprint density at radius 3 is 2.09 bits per heavy atom. The predicted molar refractivity (Wildman–Crippen MR) is 138 cm³/mol. The molecule has 0 saturated carbocycles. The molecular formula is C28H47N2O4+. The highest BCUT2D eigenvalue weighted by Gasteiger charge is 2.26. The van der Waals surface area contributed by atoms with Gasteiger partial charge in [-0.15, -0.1) is 0 Å². The molecule has 1 aromatic rings. The molecule has 34 heavy (non-hydrogen) atoms. The molecule has 0 fully saturated rings. The number of benzene rings is 1. The summed E-state index contributed by atoms with van der Waals surface area (Å²) in [5.74, 6) is 1.28. The number of aliphatic hydroxyl groups is 1. The maximum Gasteiger partial charge on any atom is 0.220 e. The zero-order valence-electron chi connectivity index (χ0n) is 21.3. The smallest absolute Gasteiger partial charge is 0.220 e. The third-order valence-electron chi connectivity index (χ3n) is 6.51. The molecule has 1 aliphatic rings. The molecule has 1 amide bonds. The van der Waals surface area contributed by atoms with Crippen LogP contribution in [0.1, 0.15) is 108 Å². The molecule has 0 saturated heterocycles. The van der Waals surface area contributed by atoms with Gasteiger partial charge in [0.2, 0.25) is 5.91 Å². The van der Waals surface area contributed by atoms with Crippen molar-refractivity contribution in [3.63, 3.8) is 0 Å². The molecule has 0 aliphatic carbocycles. The minimum atomic E-state index is -0.860. The monoisotopic (exact) mass is 475 g/mol. The highest BCUT2D eigenvalue weighted by Crippen LogP contribution is 2.33. The SMILES string of the molecule is C=[NH+]CC(NC(=O)CCCCCCCCCCCCCCC)C(O)c1ccc2c(c1)OCCO2. The van der Waals surface area contributed by atoms with Crippen LogP contribution >= 0.6 is 0 Å². The Kier molecular flexibility index (Phi) is 14.4. The van der Waals surface area contributed by atoms with Crippen molar-refractivity contribution < 1.29 is 24.4 Å². The molecule has 0 bridgehead atoms. The molecule has 6 nitrogen and oxygen atoms in total. The lowest BCUT2D eigenvalue weighted by molar-refractivity contribution is -0.453. The Morgan fingerprint density at radius 1 is 0.941 bits per heavy atom. The summed E-state index contributed by atoms with van der Waals surface area (Å²) in [5, 5.41) is 13.8. The lowest BCUT2D eigenvalue weighted by atomic mass is 10.0. The zero-order chi connectivity index (χ0) is 24.4. The van der Waals surface area contributed by atoms with Crippen LogP contribution in [0.5, 0.6) is 11.5 Å². The van der Waals surface area contributed by atoms with Gasteiger partial charge in [0.25, 0.3) is 0 Å². The lowest BCUT2D eigenvalue weighted by Crippen LogP contribution is -2.72. The second-order valence-electron chi connectivity index (χ2n) is 9.47. The van der Waals surface area contributed by atoms with Crippen LogP contribution in [0.15, 0.2) is 18.2 Å². The number of rotatable bonds is 19. The van der Waals surface area contributed by atoms with Crippen LogP contribution in [0.3, 0.4) is 0 Å². The van der Waals surface area contributed by atoms with Gasteiger partial charge in [-0.3, -0.25) is 9.79 Å². The third-order valence-corrected chi connectivity index (χ3v) is 6.51. The number of fused-ring (bicyclic) bond motifs is 1. The maximum absolute atomic E-state index is 12.5. The summed E-state index contributed by atoms with van der Waals surface area (Å²) >= 11 is 0. The first kappa shape index (κ1) is 28.2. The molecule has 3 N–H and O–H groups in total. The zero-order valence-corrected chi connectivity index (χ0v) is 21.3. The van der Waals surface area contributed by atoms with E-state index in [0.29, 0.717) is 43.2 Å². The average molecular weight is 476 g/mol. The van der Waals surface area contributed by atoms with Crippen LogP contribution in [0, 0.1) is 0 Å². The van der Waals surface area contributed by atoms with E-state index in [2.05, 4.69) is 24.0 Å². The molecule has 1 heterocycles. The van der Waals surface area contributed by atoms with Crippen LogP contribution in [0.2, 0.25) is 0 Å². The molecule has 2 unspecified atom stereocenters. The number of unbranched alkanes of at least 4 members (excludes halogenated alkanes) is 12. The van der Waals surface area contributed by atoms with Gasteiger partial charge in [-0.2, -0.15) is 0 Å². The highest BCUT2D eigenvalue weighted by atomic mass is 16.6. The summed E-state index contributed by atoms with van der Waals surface area (Å²) < 4.78 is 11.2. The van der Waals surface area contributed by atoms with E-state index in [1.807, 2.05) is 6.07 Å². The van der Waals surface area contributed by atoms with Crippen LogP contribution in [0.4, 0.5) is 0 Å². The van der Waals surface area contributed by atoms with E-state index in [9.17, 15) is 9.90 Å². The summed E-state index contributed by atoms with van der Waals surface area (Å²) in [6.45, 7) is 7.32. The van der Waals surface area contributed by atoms with Crippen molar-refractivity contribution in [1.29, 1.82) is 0 Å². The maximum atomic E-state index is 12.5. The number of nitrogens with one attached hydrogen (secondary N) is 2. The number of carbonyl (C=O) groups excluding carboxylic acids is 1. The van der Waals surface area contributed by atoms with Crippen molar-refractivity contribution in [2.45, 2.75) is 109 Å². The Balaban J connectivity index is 1.59. The second-order valence-corrected chi connectivity index (χ2v) is 9.47. The first-order valence-electron chi connectivity index (χ1n) is 13.5. The highest BCUT2D eigenvalue weighted by molar-refractivity contribution is 5.76. The average Bonchev–Trinajstić information content (AvgIpc) is 2.85. The second kappa shape index (κ2) is 17.4. The molecule has 1 aromatic carbocycles. The van der Waals surface area contributed by atoms with Crippen molar-refractivity contribution in [2.24, 2.45) is 0 Å². The molecule has 0 radical (unpaired) electrons. The van der Waals surface area contributed by atoms with Gasteiger partial charge in [-0.25, -0.2) is 0 Å². The van der Waals surface area contributed by atoms with E-state index < -0.39 is 12.1 Å². The molecule has 0 spiro atoms. The van der Waals surface area contributed by atoms with Crippen molar-refractivity contribution in [3.05, 3.63) is 23.8 Å². The molecule has 1 aliphatic heterocycles. The summed E-state index contributed by atoms with van der Waals surface area (Å²) in [7, 11) is 0. The standard InChI is InChI=1S/C28H46N2O4/c1-3-4-5-6-7-8-9-10-11-12-13-14-15-16-27(31)30-24(22-29-2)28(32)23-17-18-25-26(21-23)34-20-19-33-25/h17-18,21,24,28,32H,2-16,19-20,22H2,1H3,(H,30,31)/p+1. The van der Waals surface area contributed by atoms with Crippen molar-refractivity contribution in [2.75, 3.05) is 19.8 Å². The van der Waals surface area contributed by atoms with Gasteiger partial charge in [0.15, 0.2) is 18.0 Å². The van der Waals surface area contributed by atoms with Crippen molar-refractivity contribution in [3.8, 4) is 11.5 Å². The van der Waals surface area contributed by atoms with Gasteiger partial charge < -0.3 is 19.9 Å². The summed E-state index contributed by atoms with van der Waals surface area (Å²) in [6.07, 6.45) is 16.3. The van der Waals surface area contributed by atoms with Gasteiger partial charge in [-0.1, -0.05) is 90.0 Å². The summed E-state index contributed by atoms with van der Waals surface area (Å²) in [6, 6.07) is 4.94. The van der Waals surface area contributed by atoms with Crippen LogP contribution in [-0.4, -0.2) is 43.5 Å². The summed E-state index contributed by atoms with van der Waals surface area (Å²) in [5.41, 5.74) is 0.686. The van der Waals surface area contributed by atoms with E-state index in [0.717, 1.165) is 12.8 Å². The lowest BCUT2D eigenvalue weighted by Gasteiger charge is -2.24. The van der Waals surface area contributed by atoms with Crippen molar-refractivity contribution >= 4 is 12.6 Å². The third kappa shape index (κ3) is 10.9. The molecule has 2 rings (SSSR count). The Labute approximate surface area is 206 Å². The molecular weight excluding hydrogens is 428 g/mol. The molecule has 2 atom stereocenters. The van der Waals surface area contributed by atoms with Crippen LogP contribution < -0.4 is 19.8 Å². The number of carbonyl (C=O) groups is 1. The number of hydrogen-bond donors (Lipinski definition) is 3. The largest absolute Gasteiger partial charge is 0.486 e. The number of amides is 1. The van der Waals surface area contributed by atoms with Crippen molar-refractivity contribution in [1.82, 2.24) is 5.32 Å². The fraction of sp³-hybridized carbons (Fsp3) is 0.714. The fourth-order valence-corrected chi connectivity index (χ4v) is 4.46. The fourth-order valence-electron chi connectivity index (χ4n) is 4.46. The topological polar surface area (TPSA) is 81.8 Å². The Morgan fingerprint density at radius 2 is 1.50 bits per heavy atom. The first-order valence-corrected chi connectivity index (χ1v) is 13.5. The molecule has 6 heteroatoms. The summed E-state index contributed by atoms with van der Waals surface area (Å²) in [4.78, 5) is 15.3. The normalized spacial score (nSPS) is 14.4. The number of aliphatic hydroxyl groups excluding tert-OH is 1. The van der Waals surface area contributed by atoms with E-state index in [-0.39, 0.29) is 5.91 Å². The minimum absolute atomic E-state index is 0.0279.